The molecule has 1 amide bonds. The van der Waals surface area contributed by atoms with Gasteiger partial charge >= 0.3 is 16.4 Å². The Morgan fingerprint density at radius 2 is 1.84 bits per heavy atom. The van der Waals surface area contributed by atoms with Crippen LogP contribution in [0.2, 0.25) is 0 Å². The third-order valence-corrected chi connectivity index (χ3v) is 3.08. The summed E-state index contributed by atoms with van der Waals surface area (Å²) in [5.41, 5.74) is 0. The lowest BCUT2D eigenvalue weighted by Gasteiger charge is -2.25. The molecule has 112 valence electrons. The molecule has 0 unspecified atom stereocenters. The van der Waals surface area contributed by atoms with E-state index in [2.05, 4.69) is 9.02 Å². The Morgan fingerprint density at radius 3 is 2.26 bits per heavy atom. The van der Waals surface area contributed by atoms with Crippen LogP contribution in [0.4, 0.5) is 4.79 Å². The number of carbonyl (C=O) groups is 1. The van der Waals surface area contributed by atoms with Crippen molar-refractivity contribution in [1.29, 1.82) is 0 Å². The van der Waals surface area contributed by atoms with Gasteiger partial charge in [-0.15, -0.1) is 4.28 Å². The second kappa shape index (κ2) is 6.64. The van der Waals surface area contributed by atoms with E-state index in [1.807, 2.05) is 0 Å². The Balaban J connectivity index is 2.69. The highest BCUT2D eigenvalue weighted by atomic mass is 35.6. The van der Waals surface area contributed by atoms with E-state index in [1.165, 1.54) is 0 Å². The van der Waals surface area contributed by atoms with Gasteiger partial charge in [-0.25, -0.2) is 9.93 Å². The molecule has 0 aromatic rings. The molecule has 0 aliphatic heterocycles. The van der Waals surface area contributed by atoms with E-state index in [1.54, 1.807) is 0 Å². The second-order valence-electron chi connectivity index (χ2n) is 4.00. The summed E-state index contributed by atoms with van der Waals surface area (Å²) >= 11 is 16.3. The largest absolute Gasteiger partial charge is 0.443 e. The zero-order valence-electron chi connectivity index (χ0n) is 9.72. The molecule has 1 aliphatic rings. The van der Waals surface area contributed by atoms with Gasteiger partial charge in [0.05, 0.1) is 6.04 Å². The van der Waals surface area contributed by atoms with Crippen LogP contribution in [-0.4, -0.2) is 36.0 Å². The number of ether oxygens (including phenoxy) is 1. The van der Waals surface area contributed by atoms with E-state index in [9.17, 15) is 13.2 Å². The van der Waals surface area contributed by atoms with Gasteiger partial charge in [-0.3, -0.25) is 0 Å². The molecule has 0 saturated heterocycles. The lowest BCUT2D eigenvalue weighted by atomic mass is 10.2. The predicted molar refractivity (Wildman–Crippen MR) is 69.9 cm³/mol. The third-order valence-electron chi connectivity index (χ3n) is 2.38. The maximum atomic E-state index is 11.7. The molecule has 1 rings (SSSR count). The van der Waals surface area contributed by atoms with Crippen molar-refractivity contribution in [1.82, 2.24) is 5.06 Å². The van der Waals surface area contributed by atoms with Crippen LogP contribution in [0.1, 0.15) is 25.7 Å². The summed E-state index contributed by atoms with van der Waals surface area (Å²) < 4.78 is 29.2. The van der Waals surface area contributed by atoms with Crippen molar-refractivity contribution in [3.8, 4) is 0 Å². The molecule has 2 N–H and O–H groups in total. The highest BCUT2D eigenvalue weighted by molar-refractivity contribution is 7.84. The van der Waals surface area contributed by atoms with Crippen LogP contribution in [0, 0.1) is 0 Å². The summed E-state index contributed by atoms with van der Waals surface area (Å²) in [6.07, 6.45) is 1.78. The minimum atomic E-state index is -4.33. The van der Waals surface area contributed by atoms with E-state index in [4.69, 9.17) is 39.9 Å². The Labute approximate surface area is 126 Å². The van der Waals surface area contributed by atoms with Gasteiger partial charge in [0.1, 0.15) is 6.61 Å². The number of nitrogens with two attached hydrogens (primary N) is 1. The lowest BCUT2D eigenvalue weighted by Crippen LogP contribution is -2.43. The summed E-state index contributed by atoms with van der Waals surface area (Å²) in [7, 11) is -4.33. The first-order valence-electron chi connectivity index (χ1n) is 5.33. The molecule has 0 aromatic heterocycles. The number of hydrogen-bond donors (Lipinski definition) is 1. The SMILES string of the molecule is NS(=O)(=O)ON(C(=O)OCC(Cl)(Cl)Cl)C1CCCC1. The summed E-state index contributed by atoms with van der Waals surface area (Å²) in [6.45, 7) is -0.534. The highest BCUT2D eigenvalue weighted by Gasteiger charge is 2.33. The topological polar surface area (TPSA) is 98.9 Å². The van der Waals surface area contributed by atoms with Crippen molar-refractivity contribution in [2.45, 2.75) is 35.5 Å². The number of rotatable bonds is 4. The molecule has 0 radical (unpaired) electrons. The molecule has 1 saturated carbocycles. The van der Waals surface area contributed by atoms with E-state index < -0.39 is 32.8 Å². The molecule has 0 atom stereocenters. The Bertz CT molecular complexity index is 419. The molecule has 0 heterocycles. The predicted octanol–water partition coefficient (Wildman–Crippen LogP) is 1.87. The highest BCUT2D eigenvalue weighted by Crippen LogP contribution is 2.28. The standard InChI is InChI=1S/C8H13Cl3N2O5S/c9-8(10,11)5-17-7(14)13(18-19(12,15)16)6-3-1-2-4-6/h6H,1-5H2,(H2,12,15,16). The van der Waals surface area contributed by atoms with E-state index in [-0.39, 0.29) is 0 Å². The molecule has 19 heavy (non-hydrogen) atoms. The Hall–Kier alpha value is 0.01000. The van der Waals surface area contributed by atoms with Gasteiger partial charge < -0.3 is 4.74 Å². The quantitative estimate of drug-likeness (QED) is 0.613. The molecule has 1 fully saturated rings. The molecule has 0 aromatic carbocycles. The summed E-state index contributed by atoms with van der Waals surface area (Å²) in [5.74, 6) is 0. The van der Waals surface area contributed by atoms with Gasteiger partial charge in [-0.1, -0.05) is 47.6 Å². The van der Waals surface area contributed by atoms with Crippen molar-refractivity contribution in [3.63, 3.8) is 0 Å². The summed E-state index contributed by atoms with van der Waals surface area (Å²) in [4.78, 5) is 11.7. The number of halogens is 3. The monoisotopic (exact) mass is 354 g/mol. The fraction of sp³-hybridized carbons (Fsp3) is 0.875. The van der Waals surface area contributed by atoms with Gasteiger partial charge in [-0.2, -0.15) is 13.5 Å². The van der Waals surface area contributed by atoms with Crippen LogP contribution >= 0.6 is 34.8 Å². The normalized spacial score (nSPS) is 17.5. The first-order valence-corrected chi connectivity index (χ1v) is 7.94. The zero-order chi connectivity index (χ0) is 14.7. The minimum Gasteiger partial charge on any atom is -0.443 e. The lowest BCUT2D eigenvalue weighted by molar-refractivity contribution is -0.0712. The molecule has 1 aliphatic carbocycles. The number of carbonyl (C=O) groups excluding carboxylic acids is 1. The molecule has 0 bridgehead atoms. The Morgan fingerprint density at radius 1 is 1.32 bits per heavy atom. The van der Waals surface area contributed by atoms with Crippen LogP contribution in [0.5, 0.6) is 0 Å². The van der Waals surface area contributed by atoms with Crippen molar-refractivity contribution in [2.75, 3.05) is 6.61 Å². The maximum absolute atomic E-state index is 11.7. The maximum Gasteiger partial charge on any atom is 0.435 e. The van der Waals surface area contributed by atoms with Crippen molar-refractivity contribution < 1.29 is 22.2 Å². The van der Waals surface area contributed by atoms with Crippen LogP contribution in [0.25, 0.3) is 0 Å². The van der Waals surface area contributed by atoms with Crippen molar-refractivity contribution >= 4 is 51.2 Å². The summed E-state index contributed by atoms with van der Waals surface area (Å²) in [5, 5.41) is 5.33. The van der Waals surface area contributed by atoms with Gasteiger partial charge in [0.25, 0.3) is 0 Å². The van der Waals surface area contributed by atoms with E-state index in [0.717, 1.165) is 12.8 Å². The van der Waals surface area contributed by atoms with Gasteiger partial charge in [0.15, 0.2) is 0 Å². The number of alkyl halides is 3. The average molecular weight is 356 g/mol. The van der Waals surface area contributed by atoms with Gasteiger partial charge in [-0.05, 0) is 12.8 Å². The van der Waals surface area contributed by atoms with E-state index in [0.29, 0.717) is 17.9 Å². The van der Waals surface area contributed by atoms with Crippen molar-refractivity contribution in [3.05, 3.63) is 0 Å². The van der Waals surface area contributed by atoms with E-state index >= 15 is 0 Å². The molecule has 0 spiro atoms. The third kappa shape index (κ3) is 6.82. The van der Waals surface area contributed by atoms with Crippen LogP contribution in [0.3, 0.4) is 0 Å². The van der Waals surface area contributed by atoms with Crippen LogP contribution in [0.15, 0.2) is 0 Å². The number of hydroxylamine groups is 2. The van der Waals surface area contributed by atoms with Crippen molar-refractivity contribution in [2.24, 2.45) is 5.14 Å². The summed E-state index contributed by atoms with van der Waals surface area (Å²) in [6, 6.07) is -0.429. The van der Waals surface area contributed by atoms with Gasteiger partial charge in [0, 0.05) is 0 Å². The minimum absolute atomic E-state index is 0.429. The molecular weight excluding hydrogens is 343 g/mol. The number of nitrogens with zero attached hydrogens (tertiary/aromatic N) is 1. The first kappa shape index (κ1) is 17.1. The Kier molecular flexibility index (Phi) is 5.96. The molecular formula is C8H13Cl3N2O5S. The van der Waals surface area contributed by atoms with Crippen LogP contribution in [-0.2, 0) is 19.3 Å². The first-order chi connectivity index (χ1) is 8.58. The van der Waals surface area contributed by atoms with Gasteiger partial charge in [0.2, 0.25) is 3.79 Å². The molecule has 7 nitrogen and oxygen atoms in total. The second-order valence-corrected chi connectivity index (χ2v) is 7.65. The zero-order valence-corrected chi connectivity index (χ0v) is 12.8. The average Bonchev–Trinajstić information content (AvgIpc) is 2.73. The number of amides is 1. The fourth-order valence-corrected chi connectivity index (χ4v) is 2.27. The van der Waals surface area contributed by atoms with Crippen LogP contribution < -0.4 is 5.14 Å². The molecule has 11 heteroatoms. The smallest absolute Gasteiger partial charge is 0.435 e. The number of hydrogen-bond acceptors (Lipinski definition) is 5. The fourth-order valence-electron chi connectivity index (χ4n) is 1.70.